The Kier molecular flexibility index (Phi) is 9.85. The Labute approximate surface area is 189 Å². The van der Waals surface area contributed by atoms with Crippen molar-refractivity contribution in [1.82, 2.24) is 9.97 Å². The SMILES string of the molecule is COc1ccc(I)nc1OC.COc1ccc(SCc2ccccc2)nc1OC. The van der Waals surface area contributed by atoms with E-state index in [1.54, 1.807) is 40.2 Å². The molecule has 154 valence electrons. The van der Waals surface area contributed by atoms with Crippen molar-refractivity contribution in [2.75, 3.05) is 28.4 Å². The van der Waals surface area contributed by atoms with Crippen molar-refractivity contribution in [2.24, 2.45) is 0 Å². The summed E-state index contributed by atoms with van der Waals surface area (Å²) in [7, 11) is 6.36. The van der Waals surface area contributed by atoms with E-state index in [1.807, 2.05) is 42.5 Å². The highest BCUT2D eigenvalue weighted by molar-refractivity contribution is 14.1. The van der Waals surface area contributed by atoms with Crippen molar-refractivity contribution in [3.63, 3.8) is 0 Å². The van der Waals surface area contributed by atoms with E-state index in [0.29, 0.717) is 23.3 Å². The van der Waals surface area contributed by atoms with Crippen LogP contribution < -0.4 is 18.9 Å². The second-order valence-corrected chi connectivity index (χ2v) is 7.58. The summed E-state index contributed by atoms with van der Waals surface area (Å²) in [5.74, 6) is 3.26. The first-order chi connectivity index (χ1) is 14.1. The van der Waals surface area contributed by atoms with Crippen molar-refractivity contribution in [2.45, 2.75) is 10.8 Å². The van der Waals surface area contributed by atoms with Gasteiger partial charge in [0.25, 0.3) is 11.8 Å². The minimum absolute atomic E-state index is 0.524. The summed E-state index contributed by atoms with van der Waals surface area (Å²) < 4.78 is 21.2. The summed E-state index contributed by atoms with van der Waals surface area (Å²) in [6.07, 6.45) is 0. The molecule has 0 unspecified atom stereocenters. The maximum absolute atomic E-state index is 5.18. The monoisotopic (exact) mass is 526 g/mol. The number of halogens is 1. The van der Waals surface area contributed by atoms with Crippen LogP contribution >= 0.6 is 34.4 Å². The van der Waals surface area contributed by atoms with Gasteiger partial charge in [0.15, 0.2) is 11.5 Å². The van der Waals surface area contributed by atoms with E-state index >= 15 is 0 Å². The number of aromatic nitrogens is 2. The zero-order valence-electron chi connectivity index (χ0n) is 16.7. The molecule has 0 bridgehead atoms. The lowest BCUT2D eigenvalue weighted by Crippen LogP contribution is -1.94. The Morgan fingerprint density at radius 3 is 1.90 bits per heavy atom. The minimum atomic E-state index is 0.524. The van der Waals surface area contributed by atoms with E-state index in [9.17, 15) is 0 Å². The summed E-state index contributed by atoms with van der Waals surface area (Å²) in [5.41, 5.74) is 1.28. The molecule has 0 amide bonds. The Bertz CT molecular complexity index is 897. The molecule has 0 fully saturated rings. The molecule has 0 aliphatic heterocycles. The second-order valence-electron chi connectivity index (χ2n) is 5.48. The average Bonchev–Trinajstić information content (AvgIpc) is 2.78. The topological polar surface area (TPSA) is 62.7 Å². The molecule has 2 aromatic heterocycles. The fourth-order valence-corrected chi connectivity index (χ4v) is 3.45. The smallest absolute Gasteiger partial charge is 0.257 e. The van der Waals surface area contributed by atoms with E-state index in [-0.39, 0.29) is 0 Å². The first-order valence-corrected chi connectivity index (χ1v) is 10.7. The molecule has 3 rings (SSSR count). The van der Waals surface area contributed by atoms with Gasteiger partial charge in [0.2, 0.25) is 0 Å². The van der Waals surface area contributed by atoms with Crippen molar-refractivity contribution >= 4 is 34.4 Å². The van der Waals surface area contributed by atoms with Crippen LogP contribution in [0.1, 0.15) is 5.56 Å². The van der Waals surface area contributed by atoms with Crippen LogP contribution in [0.4, 0.5) is 0 Å². The predicted molar refractivity (Wildman–Crippen MR) is 123 cm³/mol. The molecule has 0 aliphatic carbocycles. The minimum Gasteiger partial charge on any atom is -0.491 e. The predicted octanol–water partition coefficient (Wildman–Crippen LogP) is 5.09. The van der Waals surface area contributed by atoms with Gasteiger partial charge in [0, 0.05) is 5.75 Å². The molecule has 0 N–H and O–H groups in total. The molecular weight excluding hydrogens is 503 g/mol. The van der Waals surface area contributed by atoms with Gasteiger partial charge in [0.1, 0.15) is 8.73 Å². The molecule has 29 heavy (non-hydrogen) atoms. The van der Waals surface area contributed by atoms with Gasteiger partial charge >= 0.3 is 0 Å². The maximum atomic E-state index is 5.18. The summed E-state index contributed by atoms with van der Waals surface area (Å²) in [4.78, 5) is 8.49. The Hall–Kier alpha value is -2.20. The standard InChI is InChI=1S/C14H15NO2S.C7H8INO2/c1-16-12-8-9-13(15-14(12)17-2)18-10-11-6-4-3-5-7-11;1-10-5-3-4-6(8)9-7(5)11-2/h3-9H,10H2,1-2H3;3-4H,1-2H3. The Morgan fingerprint density at radius 1 is 0.724 bits per heavy atom. The quantitative estimate of drug-likeness (QED) is 0.241. The third kappa shape index (κ3) is 7.28. The molecule has 0 spiro atoms. The summed E-state index contributed by atoms with van der Waals surface area (Å²) in [6, 6.07) is 17.8. The maximum Gasteiger partial charge on any atom is 0.257 e. The molecule has 3 aromatic rings. The molecular formula is C21H23IN2O4S. The van der Waals surface area contributed by atoms with E-state index in [1.165, 1.54) is 5.56 Å². The zero-order valence-corrected chi connectivity index (χ0v) is 19.7. The van der Waals surface area contributed by atoms with Crippen molar-refractivity contribution in [1.29, 1.82) is 0 Å². The van der Waals surface area contributed by atoms with E-state index < -0.39 is 0 Å². The zero-order chi connectivity index (χ0) is 21.1. The third-order valence-electron chi connectivity index (χ3n) is 3.65. The van der Waals surface area contributed by atoms with E-state index in [2.05, 4.69) is 44.7 Å². The molecule has 0 saturated carbocycles. The van der Waals surface area contributed by atoms with Gasteiger partial charge in [0.05, 0.1) is 28.4 Å². The van der Waals surface area contributed by atoms with Crippen LogP contribution in [0.5, 0.6) is 23.3 Å². The molecule has 0 radical (unpaired) electrons. The fraction of sp³-hybridized carbons (Fsp3) is 0.238. The van der Waals surface area contributed by atoms with Gasteiger partial charge in [-0.1, -0.05) is 30.3 Å². The number of pyridine rings is 2. The highest BCUT2D eigenvalue weighted by Crippen LogP contribution is 2.29. The van der Waals surface area contributed by atoms with Crippen LogP contribution in [-0.2, 0) is 5.75 Å². The van der Waals surface area contributed by atoms with Gasteiger partial charge < -0.3 is 18.9 Å². The van der Waals surface area contributed by atoms with Gasteiger partial charge in [-0.25, -0.2) is 9.97 Å². The number of benzene rings is 1. The van der Waals surface area contributed by atoms with E-state index in [4.69, 9.17) is 18.9 Å². The van der Waals surface area contributed by atoms with E-state index in [0.717, 1.165) is 14.5 Å². The normalized spacial score (nSPS) is 9.83. The summed E-state index contributed by atoms with van der Waals surface area (Å²) in [6.45, 7) is 0. The number of hydrogen-bond donors (Lipinski definition) is 0. The first-order valence-electron chi connectivity index (χ1n) is 8.61. The van der Waals surface area contributed by atoms with Gasteiger partial charge in [-0.3, -0.25) is 0 Å². The van der Waals surface area contributed by atoms with Crippen LogP contribution in [0.2, 0.25) is 0 Å². The lowest BCUT2D eigenvalue weighted by Gasteiger charge is -2.08. The van der Waals surface area contributed by atoms with Crippen LogP contribution in [-0.4, -0.2) is 38.4 Å². The largest absolute Gasteiger partial charge is 0.491 e. The van der Waals surface area contributed by atoms with Gasteiger partial charge in [-0.2, -0.15) is 0 Å². The molecule has 0 aliphatic rings. The number of rotatable bonds is 7. The third-order valence-corrected chi connectivity index (χ3v) is 5.25. The number of hydrogen-bond acceptors (Lipinski definition) is 7. The summed E-state index contributed by atoms with van der Waals surface area (Å²) >= 11 is 3.79. The molecule has 8 heteroatoms. The number of thioether (sulfide) groups is 1. The Balaban J connectivity index is 0.000000234. The highest BCUT2D eigenvalue weighted by atomic mass is 127. The second kappa shape index (κ2) is 12.4. The average molecular weight is 526 g/mol. The highest BCUT2D eigenvalue weighted by Gasteiger charge is 2.07. The lowest BCUT2D eigenvalue weighted by atomic mass is 10.2. The lowest BCUT2D eigenvalue weighted by molar-refractivity contribution is 0.340. The van der Waals surface area contributed by atoms with Crippen LogP contribution in [0.15, 0.2) is 59.6 Å². The van der Waals surface area contributed by atoms with Crippen LogP contribution in [0.3, 0.4) is 0 Å². The number of nitrogens with zero attached hydrogens (tertiary/aromatic N) is 2. The fourth-order valence-electron chi connectivity index (χ4n) is 2.23. The molecule has 1 aromatic carbocycles. The van der Waals surface area contributed by atoms with Gasteiger partial charge in [-0.15, -0.1) is 11.8 Å². The molecule has 6 nitrogen and oxygen atoms in total. The van der Waals surface area contributed by atoms with Crippen molar-refractivity contribution < 1.29 is 18.9 Å². The molecule has 0 saturated heterocycles. The number of methoxy groups -OCH3 is 4. The van der Waals surface area contributed by atoms with Crippen LogP contribution in [0.25, 0.3) is 0 Å². The first kappa shape index (κ1) is 23.1. The van der Waals surface area contributed by atoms with Gasteiger partial charge in [-0.05, 0) is 52.4 Å². The van der Waals surface area contributed by atoms with Crippen LogP contribution in [0, 0.1) is 3.70 Å². The Morgan fingerprint density at radius 2 is 1.31 bits per heavy atom. The summed E-state index contributed by atoms with van der Waals surface area (Å²) in [5, 5.41) is 0.927. The molecule has 2 heterocycles. The van der Waals surface area contributed by atoms with Crippen molar-refractivity contribution in [3.8, 4) is 23.3 Å². The molecule has 0 atom stereocenters. The van der Waals surface area contributed by atoms with Crippen molar-refractivity contribution in [3.05, 3.63) is 63.9 Å². The number of ether oxygens (including phenoxy) is 4.